The predicted octanol–water partition coefficient (Wildman–Crippen LogP) is 4.04. The van der Waals surface area contributed by atoms with E-state index in [0.29, 0.717) is 5.56 Å². The van der Waals surface area contributed by atoms with E-state index in [0.717, 1.165) is 17.0 Å². The van der Waals surface area contributed by atoms with E-state index in [1.54, 1.807) is 4.57 Å². The Balaban J connectivity index is 1.74. The van der Waals surface area contributed by atoms with E-state index in [1.807, 2.05) is 0 Å². The maximum absolute atomic E-state index is 13.2. The maximum Gasteiger partial charge on any atom is 0.534 e. The third-order valence-electron chi connectivity index (χ3n) is 5.38. The van der Waals surface area contributed by atoms with Crippen molar-refractivity contribution in [2.75, 3.05) is 6.98 Å². The van der Waals surface area contributed by atoms with Gasteiger partial charge in [-0.1, -0.05) is 17.7 Å². The topological polar surface area (TPSA) is 81.5 Å². The Hall–Kier alpha value is -2.79. The molecule has 0 spiro atoms. The van der Waals surface area contributed by atoms with E-state index >= 15 is 0 Å². The van der Waals surface area contributed by atoms with E-state index < -0.39 is 46.3 Å². The standard InChI is InChI=1S/C19H13ClF3N3O4S/c1-25-15-8-14(16-10(18(25)27)3-2-4-11(16)20)26-13-7-9(5-6-12(13)24-17(15)26)30-31(28,29)19(21,22)23/h2-7,14-15H,8H2,1H3/t14-,15-/m1/s1/i1D3. The summed E-state index contributed by atoms with van der Waals surface area (Å²) in [5, 5.41) is 0.198. The first-order chi connectivity index (χ1) is 15.7. The molecular formula is C19H13ClF3N3O4S. The molecule has 3 heterocycles. The van der Waals surface area contributed by atoms with Crippen LogP contribution in [0.15, 0.2) is 36.4 Å². The number of fused-ring (bicyclic) bond motifs is 9. The van der Waals surface area contributed by atoms with E-state index in [-0.39, 0.29) is 33.9 Å². The molecule has 0 saturated heterocycles. The van der Waals surface area contributed by atoms with Crippen LogP contribution >= 0.6 is 11.6 Å². The fourth-order valence-electron chi connectivity index (χ4n) is 4.10. The minimum Gasteiger partial charge on any atom is -0.376 e. The van der Waals surface area contributed by atoms with Gasteiger partial charge in [0.05, 0.1) is 23.1 Å². The van der Waals surface area contributed by atoms with Crippen molar-refractivity contribution < 1.29 is 34.7 Å². The second-order valence-corrected chi connectivity index (χ2v) is 9.06. The average Bonchev–Trinajstić information content (AvgIpc) is 3.19. The van der Waals surface area contributed by atoms with Gasteiger partial charge >= 0.3 is 15.6 Å². The maximum atomic E-state index is 13.2. The number of carbonyl (C=O) groups excluding carboxylic acids is 1. The number of alkyl halides is 3. The highest BCUT2D eigenvalue weighted by atomic mass is 35.5. The highest BCUT2D eigenvalue weighted by molar-refractivity contribution is 7.88. The summed E-state index contributed by atoms with van der Waals surface area (Å²) in [7, 11) is -5.91. The zero-order valence-electron chi connectivity index (χ0n) is 18.2. The Bertz CT molecular complexity index is 1470. The van der Waals surface area contributed by atoms with Crippen LogP contribution < -0.4 is 4.18 Å². The van der Waals surface area contributed by atoms with Gasteiger partial charge in [0, 0.05) is 39.7 Å². The molecule has 162 valence electrons. The van der Waals surface area contributed by atoms with Crippen LogP contribution in [0.3, 0.4) is 0 Å². The van der Waals surface area contributed by atoms with Crippen molar-refractivity contribution in [3.05, 3.63) is 58.4 Å². The Morgan fingerprint density at radius 1 is 1.26 bits per heavy atom. The molecule has 3 aromatic rings. The minimum absolute atomic E-state index is 0.0793. The third kappa shape index (κ3) is 2.83. The lowest BCUT2D eigenvalue weighted by atomic mass is 9.99. The van der Waals surface area contributed by atoms with Crippen molar-refractivity contribution in [1.29, 1.82) is 0 Å². The van der Waals surface area contributed by atoms with E-state index in [2.05, 4.69) is 9.17 Å². The van der Waals surface area contributed by atoms with Gasteiger partial charge in [0.2, 0.25) is 0 Å². The van der Waals surface area contributed by atoms with Crippen LogP contribution in [0.2, 0.25) is 5.02 Å². The summed E-state index contributed by atoms with van der Waals surface area (Å²) < 4.78 is 90.9. The highest BCUT2D eigenvalue weighted by Crippen LogP contribution is 2.49. The monoisotopic (exact) mass is 474 g/mol. The van der Waals surface area contributed by atoms with Crippen LogP contribution in [0.25, 0.3) is 11.0 Å². The summed E-state index contributed by atoms with van der Waals surface area (Å²) in [4.78, 5) is 18.4. The van der Waals surface area contributed by atoms with Crippen LogP contribution in [-0.2, 0) is 10.1 Å². The molecule has 5 rings (SSSR count). The average molecular weight is 475 g/mol. The number of imidazole rings is 1. The Morgan fingerprint density at radius 2 is 2.03 bits per heavy atom. The fourth-order valence-corrected chi connectivity index (χ4v) is 4.86. The molecule has 1 aromatic heterocycles. The van der Waals surface area contributed by atoms with Gasteiger partial charge in [-0.05, 0) is 24.3 Å². The third-order valence-corrected chi connectivity index (χ3v) is 6.69. The van der Waals surface area contributed by atoms with Gasteiger partial charge in [0.1, 0.15) is 11.6 Å². The number of halogens is 4. The summed E-state index contributed by atoms with van der Waals surface area (Å²) >= 11 is 6.41. The largest absolute Gasteiger partial charge is 0.534 e. The molecule has 0 saturated carbocycles. The van der Waals surface area contributed by atoms with Crippen molar-refractivity contribution in [3.8, 4) is 5.75 Å². The number of benzene rings is 2. The lowest BCUT2D eigenvalue weighted by molar-refractivity contribution is -0.0500. The van der Waals surface area contributed by atoms with Crippen LogP contribution in [0.1, 0.15) is 44.4 Å². The van der Waals surface area contributed by atoms with Gasteiger partial charge in [-0.25, -0.2) is 4.98 Å². The molecule has 0 radical (unpaired) electrons. The molecule has 0 N–H and O–H groups in total. The zero-order chi connectivity index (χ0) is 24.8. The first-order valence-corrected chi connectivity index (χ1v) is 10.6. The van der Waals surface area contributed by atoms with Crippen LogP contribution in [0.5, 0.6) is 5.75 Å². The molecular weight excluding hydrogens is 459 g/mol. The van der Waals surface area contributed by atoms with Crippen molar-refractivity contribution in [2.45, 2.75) is 24.0 Å². The van der Waals surface area contributed by atoms with Crippen LogP contribution in [0, 0.1) is 0 Å². The van der Waals surface area contributed by atoms with Gasteiger partial charge < -0.3 is 13.7 Å². The number of nitrogens with zero attached hydrogens (tertiary/aromatic N) is 3. The van der Waals surface area contributed by atoms with E-state index in [1.165, 1.54) is 24.3 Å². The van der Waals surface area contributed by atoms with Gasteiger partial charge in [0.15, 0.2) is 0 Å². The van der Waals surface area contributed by atoms with Gasteiger partial charge in [-0.15, -0.1) is 0 Å². The SMILES string of the molecule is [2H]C([2H])([2H])N1C(=O)c2cccc(Cl)c2[C@H]2C[C@@H]1c1nc3ccc(OS(=O)(=O)C(F)(F)F)cc3n12. The summed E-state index contributed by atoms with van der Waals surface area (Å²) in [6.07, 6.45) is 0.102. The second-order valence-electron chi connectivity index (χ2n) is 7.12. The van der Waals surface area contributed by atoms with E-state index in [9.17, 15) is 26.4 Å². The van der Waals surface area contributed by atoms with Crippen molar-refractivity contribution in [1.82, 2.24) is 14.5 Å². The molecule has 2 bridgehead atoms. The van der Waals surface area contributed by atoms with Gasteiger partial charge in [-0.2, -0.15) is 21.6 Å². The molecule has 0 aliphatic carbocycles. The van der Waals surface area contributed by atoms with Gasteiger partial charge in [-0.3, -0.25) is 4.79 Å². The predicted molar refractivity (Wildman–Crippen MR) is 104 cm³/mol. The first-order valence-electron chi connectivity index (χ1n) is 10.4. The molecule has 0 unspecified atom stereocenters. The molecule has 2 atom stereocenters. The number of aromatic nitrogens is 2. The molecule has 1 amide bonds. The van der Waals surface area contributed by atoms with Crippen molar-refractivity contribution in [2.24, 2.45) is 0 Å². The van der Waals surface area contributed by atoms with E-state index in [4.69, 9.17) is 15.7 Å². The number of hydrogen-bond acceptors (Lipinski definition) is 5. The summed E-state index contributed by atoms with van der Waals surface area (Å²) in [5.41, 5.74) is -4.75. The lowest BCUT2D eigenvalue weighted by Gasteiger charge is -2.24. The summed E-state index contributed by atoms with van der Waals surface area (Å²) in [6.45, 7) is -2.82. The number of hydrogen-bond donors (Lipinski definition) is 0. The highest BCUT2D eigenvalue weighted by Gasteiger charge is 2.49. The molecule has 2 aliphatic rings. The molecule has 0 fully saturated rings. The molecule has 2 aliphatic heterocycles. The zero-order valence-corrected chi connectivity index (χ0v) is 16.8. The second kappa shape index (κ2) is 6.36. The summed E-state index contributed by atoms with van der Waals surface area (Å²) in [5.74, 6) is -1.16. The van der Waals surface area contributed by atoms with Crippen molar-refractivity contribution in [3.63, 3.8) is 0 Å². The van der Waals surface area contributed by atoms with Crippen LogP contribution in [-0.4, -0.2) is 41.3 Å². The smallest absolute Gasteiger partial charge is 0.376 e. The Morgan fingerprint density at radius 3 is 2.74 bits per heavy atom. The van der Waals surface area contributed by atoms with Gasteiger partial charge in [0.25, 0.3) is 5.91 Å². The first kappa shape index (κ1) is 16.8. The molecule has 7 nitrogen and oxygen atoms in total. The fraction of sp³-hybridized carbons (Fsp3) is 0.263. The Labute approximate surface area is 183 Å². The van der Waals surface area contributed by atoms with Crippen LogP contribution in [0.4, 0.5) is 13.2 Å². The molecule has 31 heavy (non-hydrogen) atoms. The number of rotatable bonds is 2. The summed E-state index contributed by atoms with van der Waals surface area (Å²) in [6, 6.07) is 6.17. The normalized spacial score (nSPS) is 22.4. The quantitative estimate of drug-likeness (QED) is 0.413. The van der Waals surface area contributed by atoms with Crippen molar-refractivity contribution >= 4 is 38.7 Å². The number of carbonyl (C=O) groups is 1. The molecule has 12 heteroatoms. The number of amides is 1. The minimum atomic E-state index is -5.91. The lowest BCUT2D eigenvalue weighted by Crippen LogP contribution is -2.30. The Kier molecular flexibility index (Phi) is 3.46. The molecule has 2 aromatic carbocycles.